The van der Waals surface area contributed by atoms with Crippen LogP contribution in [0.3, 0.4) is 0 Å². The molecular formula is C23H30F3N3O2. The van der Waals surface area contributed by atoms with Crippen molar-refractivity contribution >= 4 is 23.0 Å². The Morgan fingerprint density at radius 3 is 2.35 bits per heavy atom. The summed E-state index contributed by atoms with van der Waals surface area (Å²) in [6.07, 6.45) is 0.0429. The molecule has 2 unspecified atom stereocenters. The number of halogens is 3. The fourth-order valence-corrected chi connectivity index (χ4v) is 3.10. The van der Waals surface area contributed by atoms with E-state index in [9.17, 15) is 23.1 Å². The van der Waals surface area contributed by atoms with Crippen molar-refractivity contribution in [3.8, 4) is 5.75 Å². The molecule has 2 rings (SSSR count). The van der Waals surface area contributed by atoms with E-state index in [1.165, 1.54) is 24.3 Å². The number of carbonyl (C=O) groups excluding carboxylic acids is 1. The number of anilines is 3. The average molecular weight is 438 g/mol. The average Bonchev–Trinajstić information content (AvgIpc) is 2.76. The number of nitrogens with two attached hydrogens (primary N) is 1. The van der Waals surface area contributed by atoms with Gasteiger partial charge in [-0.3, -0.25) is 4.79 Å². The van der Waals surface area contributed by atoms with Crippen molar-refractivity contribution in [2.75, 3.05) is 16.4 Å². The Bertz CT molecular complexity index is 847. The van der Waals surface area contributed by atoms with Gasteiger partial charge >= 0.3 is 0 Å². The van der Waals surface area contributed by atoms with Crippen molar-refractivity contribution in [3.05, 3.63) is 47.8 Å². The molecule has 2 atom stereocenters. The first kappa shape index (κ1) is 24.4. The molecule has 1 amide bonds. The van der Waals surface area contributed by atoms with Crippen LogP contribution in [-0.2, 0) is 11.3 Å². The zero-order valence-electron chi connectivity index (χ0n) is 17.6. The third kappa shape index (κ3) is 7.38. The zero-order chi connectivity index (χ0) is 22.8. The van der Waals surface area contributed by atoms with Gasteiger partial charge in [-0.15, -0.1) is 0 Å². The number of hydrogen-bond donors (Lipinski definition) is 4. The van der Waals surface area contributed by atoms with Gasteiger partial charge in [0.1, 0.15) is 11.9 Å². The predicted octanol–water partition coefficient (Wildman–Crippen LogP) is 5.70. The first-order chi connectivity index (χ1) is 14.8. The van der Waals surface area contributed by atoms with Gasteiger partial charge in [0.2, 0.25) is 6.17 Å². The molecule has 0 bridgehead atoms. The van der Waals surface area contributed by atoms with Gasteiger partial charge in [0.15, 0.2) is 5.82 Å². The van der Waals surface area contributed by atoms with Crippen LogP contribution in [0.4, 0.5) is 30.2 Å². The van der Waals surface area contributed by atoms with Gasteiger partial charge in [0.25, 0.3) is 5.91 Å². The lowest BCUT2D eigenvalue weighted by molar-refractivity contribution is -0.123. The summed E-state index contributed by atoms with van der Waals surface area (Å²) in [5.74, 6) is -1.87. The maximum Gasteiger partial charge on any atom is 0.262 e. The molecule has 31 heavy (non-hydrogen) atoms. The lowest BCUT2D eigenvalue weighted by atomic mass is 10.1. The fraction of sp³-hybridized carbons (Fsp3) is 0.435. The highest BCUT2D eigenvalue weighted by atomic mass is 19.2. The van der Waals surface area contributed by atoms with Crippen LogP contribution in [0.5, 0.6) is 5.75 Å². The third-order valence-corrected chi connectivity index (χ3v) is 5.01. The molecule has 2 aromatic carbocycles. The van der Waals surface area contributed by atoms with E-state index < -0.39 is 24.1 Å². The number of alkyl halides is 2. The van der Waals surface area contributed by atoms with Crippen molar-refractivity contribution in [1.82, 2.24) is 0 Å². The van der Waals surface area contributed by atoms with E-state index >= 15 is 0 Å². The van der Waals surface area contributed by atoms with E-state index in [-0.39, 0.29) is 35.8 Å². The molecule has 0 saturated carbocycles. The van der Waals surface area contributed by atoms with Gasteiger partial charge in [-0.25, -0.2) is 13.2 Å². The van der Waals surface area contributed by atoms with Crippen LogP contribution in [0.2, 0.25) is 0 Å². The quantitative estimate of drug-likeness (QED) is 0.253. The number of phenolic OH excluding ortho intramolecular Hbond substituents is 1. The molecule has 0 saturated heterocycles. The normalized spacial score (nSPS) is 12.9. The second kappa shape index (κ2) is 12.1. The maximum atomic E-state index is 14.6. The Kier molecular flexibility index (Phi) is 9.49. The number of nitrogen functional groups attached to an aromatic ring is 1. The molecule has 5 nitrogen and oxygen atoms in total. The van der Waals surface area contributed by atoms with Gasteiger partial charge in [-0.1, -0.05) is 51.2 Å². The van der Waals surface area contributed by atoms with Gasteiger partial charge in [0.05, 0.1) is 17.1 Å². The first-order valence-electron chi connectivity index (χ1n) is 10.5. The molecule has 0 heterocycles. The number of carbonyl (C=O) groups is 1. The lowest BCUT2D eigenvalue weighted by Crippen LogP contribution is -2.32. The molecule has 0 radical (unpaired) electrons. The Hall–Kier alpha value is -2.90. The van der Waals surface area contributed by atoms with Gasteiger partial charge in [-0.2, -0.15) is 0 Å². The number of aromatic hydroxyl groups is 1. The minimum Gasteiger partial charge on any atom is -0.508 e. The summed E-state index contributed by atoms with van der Waals surface area (Å²) in [5.41, 5.74) is 6.16. The Balaban J connectivity index is 1.91. The number of amides is 1. The summed E-state index contributed by atoms with van der Waals surface area (Å²) in [7, 11) is 0. The monoisotopic (exact) mass is 437 g/mol. The van der Waals surface area contributed by atoms with E-state index in [1.807, 2.05) is 0 Å². The Morgan fingerprint density at radius 1 is 1.03 bits per heavy atom. The summed E-state index contributed by atoms with van der Waals surface area (Å²) in [4.78, 5) is 12.0. The Morgan fingerprint density at radius 2 is 1.68 bits per heavy atom. The van der Waals surface area contributed by atoms with E-state index in [1.54, 1.807) is 12.1 Å². The van der Waals surface area contributed by atoms with E-state index in [4.69, 9.17) is 5.73 Å². The Labute approximate surface area is 180 Å². The number of hydrogen-bond acceptors (Lipinski definition) is 4. The third-order valence-electron chi connectivity index (χ3n) is 5.01. The van der Waals surface area contributed by atoms with Gasteiger partial charge in [0, 0.05) is 6.54 Å². The highest BCUT2D eigenvalue weighted by Crippen LogP contribution is 2.29. The van der Waals surface area contributed by atoms with Crippen molar-refractivity contribution < 1.29 is 23.1 Å². The van der Waals surface area contributed by atoms with Crippen LogP contribution < -0.4 is 16.4 Å². The summed E-state index contributed by atoms with van der Waals surface area (Å²) in [6.45, 7) is 2.34. The number of phenols is 1. The van der Waals surface area contributed by atoms with Gasteiger partial charge < -0.3 is 21.5 Å². The van der Waals surface area contributed by atoms with Crippen LogP contribution in [0.1, 0.15) is 51.0 Å². The van der Waals surface area contributed by atoms with E-state index in [0.29, 0.717) is 6.42 Å². The molecule has 8 heteroatoms. The molecule has 0 spiro atoms. The number of nitrogens with one attached hydrogen (secondary N) is 2. The molecule has 5 N–H and O–H groups in total. The molecular weight excluding hydrogens is 407 g/mol. The van der Waals surface area contributed by atoms with Crippen molar-refractivity contribution in [2.24, 2.45) is 0 Å². The summed E-state index contributed by atoms with van der Waals surface area (Å²) in [5, 5.41) is 14.3. The van der Waals surface area contributed by atoms with Crippen LogP contribution in [0.25, 0.3) is 0 Å². The zero-order valence-corrected chi connectivity index (χ0v) is 17.6. The number of unbranched alkanes of at least 4 members (excludes halogenated alkanes) is 4. The molecule has 0 aromatic heterocycles. The van der Waals surface area contributed by atoms with E-state index in [2.05, 4.69) is 17.6 Å². The largest absolute Gasteiger partial charge is 0.508 e. The second-order valence-electron chi connectivity index (χ2n) is 7.52. The lowest BCUT2D eigenvalue weighted by Gasteiger charge is -2.16. The fourth-order valence-electron chi connectivity index (χ4n) is 3.10. The van der Waals surface area contributed by atoms with E-state index in [0.717, 1.165) is 31.2 Å². The summed E-state index contributed by atoms with van der Waals surface area (Å²) >= 11 is 0. The minimum absolute atomic E-state index is 0.0394. The van der Waals surface area contributed by atoms with Crippen LogP contribution in [-0.4, -0.2) is 23.4 Å². The van der Waals surface area contributed by atoms with Crippen LogP contribution in [0, 0.1) is 5.82 Å². The summed E-state index contributed by atoms with van der Waals surface area (Å²) in [6, 6.07) is 9.07. The molecule has 2 aromatic rings. The SMILES string of the molecule is CCCCCCCC(F)C(F)C(=O)Nc1ccc(NCc2ccc(O)cc2)c(F)c1N. The topological polar surface area (TPSA) is 87.4 Å². The van der Waals surface area contributed by atoms with Crippen molar-refractivity contribution in [1.29, 1.82) is 0 Å². The second-order valence-corrected chi connectivity index (χ2v) is 7.52. The molecule has 0 aliphatic rings. The highest BCUT2D eigenvalue weighted by molar-refractivity contribution is 5.97. The predicted molar refractivity (Wildman–Crippen MR) is 118 cm³/mol. The molecule has 0 fully saturated rings. The number of rotatable bonds is 12. The summed E-state index contributed by atoms with van der Waals surface area (Å²) < 4.78 is 42.7. The van der Waals surface area contributed by atoms with Crippen LogP contribution >= 0.6 is 0 Å². The maximum absolute atomic E-state index is 14.6. The molecule has 170 valence electrons. The van der Waals surface area contributed by atoms with Gasteiger partial charge in [-0.05, 0) is 36.2 Å². The van der Waals surface area contributed by atoms with Crippen molar-refractivity contribution in [2.45, 2.75) is 64.3 Å². The molecule has 0 aliphatic carbocycles. The standard InChI is InChI=1S/C23H30F3N3O2/c1-2-3-4-5-6-7-17(24)20(25)23(31)29-19-13-12-18(21(26)22(19)27)28-14-15-8-10-16(30)11-9-15/h8-13,17,20,28,30H,2-7,14,27H2,1H3,(H,29,31). The first-order valence-corrected chi connectivity index (χ1v) is 10.5. The number of benzene rings is 2. The molecule has 0 aliphatic heterocycles. The highest BCUT2D eigenvalue weighted by Gasteiger charge is 2.28. The van der Waals surface area contributed by atoms with Crippen molar-refractivity contribution in [3.63, 3.8) is 0 Å². The van der Waals surface area contributed by atoms with Crippen LogP contribution in [0.15, 0.2) is 36.4 Å². The minimum atomic E-state index is -2.35. The smallest absolute Gasteiger partial charge is 0.262 e.